The van der Waals surface area contributed by atoms with Gasteiger partial charge in [0.2, 0.25) is 0 Å². The molecule has 0 amide bonds. The van der Waals surface area contributed by atoms with E-state index in [1.807, 2.05) is 12.1 Å². The molecule has 1 aliphatic heterocycles. The molecule has 2 aromatic rings. The van der Waals surface area contributed by atoms with E-state index in [0.717, 1.165) is 43.5 Å². The molecule has 0 aliphatic carbocycles. The lowest BCUT2D eigenvalue weighted by atomic mass is 9.96. The van der Waals surface area contributed by atoms with E-state index in [4.69, 9.17) is 5.73 Å². The van der Waals surface area contributed by atoms with Gasteiger partial charge in [-0.25, -0.2) is 4.98 Å². The van der Waals surface area contributed by atoms with E-state index in [1.54, 1.807) is 23.9 Å². The van der Waals surface area contributed by atoms with E-state index in [-0.39, 0.29) is 18.0 Å². The SMILES string of the molecule is Cl.Cn1c(=O)ccc2c(N3CCC(CN)CC3)ccnc21. The fraction of sp³-hybridized carbons (Fsp3) is 0.467. The van der Waals surface area contributed by atoms with Gasteiger partial charge in [0.15, 0.2) is 0 Å². The van der Waals surface area contributed by atoms with Crippen LogP contribution in [0, 0.1) is 5.92 Å². The van der Waals surface area contributed by atoms with E-state index in [2.05, 4.69) is 9.88 Å². The van der Waals surface area contributed by atoms with Crippen LogP contribution in [-0.2, 0) is 7.05 Å². The molecule has 5 nitrogen and oxygen atoms in total. The molecule has 0 aromatic carbocycles. The lowest BCUT2D eigenvalue weighted by molar-refractivity contribution is 0.415. The van der Waals surface area contributed by atoms with Gasteiger partial charge in [0.1, 0.15) is 5.65 Å². The van der Waals surface area contributed by atoms with E-state index < -0.39 is 0 Å². The van der Waals surface area contributed by atoms with Crippen LogP contribution in [0.3, 0.4) is 0 Å². The Morgan fingerprint density at radius 3 is 2.67 bits per heavy atom. The van der Waals surface area contributed by atoms with Gasteiger partial charge in [-0.15, -0.1) is 12.4 Å². The van der Waals surface area contributed by atoms with Gasteiger partial charge in [0.25, 0.3) is 5.56 Å². The number of rotatable bonds is 2. The number of piperidine rings is 1. The Kier molecular flexibility index (Phi) is 4.85. The summed E-state index contributed by atoms with van der Waals surface area (Å²) >= 11 is 0. The van der Waals surface area contributed by atoms with Crippen LogP contribution in [0.2, 0.25) is 0 Å². The average Bonchev–Trinajstić information content (AvgIpc) is 2.51. The minimum Gasteiger partial charge on any atom is -0.371 e. The van der Waals surface area contributed by atoms with Crippen molar-refractivity contribution in [3.05, 3.63) is 34.7 Å². The Labute approximate surface area is 130 Å². The predicted octanol–water partition coefficient (Wildman–Crippen LogP) is 1.53. The first-order valence-corrected chi connectivity index (χ1v) is 7.10. The zero-order valence-corrected chi connectivity index (χ0v) is 13.0. The molecule has 1 saturated heterocycles. The summed E-state index contributed by atoms with van der Waals surface area (Å²) in [5, 5.41) is 1.04. The molecular weight excluding hydrogens is 288 g/mol. The van der Waals surface area contributed by atoms with Gasteiger partial charge in [-0.1, -0.05) is 0 Å². The van der Waals surface area contributed by atoms with Gasteiger partial charge in [-0.2, -0.15) is 0 Å². The van der Waals surface area contributed by atoms with Crippen molar-refractivity contribution in [2.45, 2.75) is 12.8 Å². The van der Waals surface area contributed by atoms with Crippen molar-refractivity contribution in [3.63, 3.8) is 0 Å². The van der Waals surface area contributed by atoms with Crippen LogP contribution in [0.1, 0.15) is 12.8 Å². The number of nitrogens with zero attached hydrogens (tertiary/aromatic N) is 3. The smallest absolute Gasteiger partial charge is 0.251 e. The van der Waals surface area contributed by atoms with Crippen molar-refractivity contribution in [2.24, 2.45) is 18.7 Å². The lowest BCUT2D eigenvalue weighted by Crippen LogP contribution is -2.36. The van der Waals surface area contributed by atoms with Gasteiger partial charge in [-0.05, 0) is 37.4 Å². The third kappa shape index (κ3) is 2.89. The quantitative estimate of drug-likeness (QED) is 0.914. The monoisotopic (exact) mass is 308 g/mol. The van der Waals surface area contributed by atoms with Gasteiger partial charge in [0, 0.05) is 43.5 Å². The van der Waals surface area contributed by atoms with Crippen LogP contribution in [0.25, 0.3) is 11.0 Å². The molecule has 114 valence electrons. The molecule has 6 heteroatoms. The second kappa shape index (κ2) is 6.45. The Morgan fingerprint density at radius 1 is 1.29 bits per heavy atom. The van der Waals surface area contributed by atoms with E-state index in [9.17, 15) is 4.79 Å². The third-order valence-electron chi connectivity index (χ3n) is 4.28. The van der Waals surface area contributed by atoms with Gasteiger partial charge < -0.3 is 10.6 Å². The van der Waals surface area contributed by atoms with Crippen LogP contribution >= 0.6 is 12.4 Å². The summed E-state index contributed by atoms with van der Waals surface area (Å²) < 4.78 is 1.60. The van der Waals surface area contributed by atoms with E-state index in [1.165, 1.54) is 5.69 Å². The zero-order chi connectivity index (χ0) is 14.1. The zero-order valence-electron chi connectivity index (χ0n) is 12.2. The van der Waals surface area contributed by atoms with Crippen molar-refractivity contribution in [1.29, 1.82) is 0 Å². The van der Waals surface area contributed by atoms with Crippen LogP contribution in [0.5, 0.6) is 0 Å². The number of anilines is 1. The molecule has 0 atom stereocenters. The van der Waals surface area contributed by atoms with Gasteiger partial charge >= 0.3 is 0 Å². The summed E-state index contributed by atoms with van der Waals surface area (Å²) in [6, 6.07) is 5.53. The summed E-state index contributed by atoms with van der Waals surface area (Å²) in [5.41, 5.74) is 7.64. The predicted molar refractivity (Wildman–Crippen MR) is 88.2 cm³/mol. The van der Waals surface area contributed by atoms with E-state index in [0.29, 0.717) is 5.92 Å². The number of hydrogen-bond acceptors (Lipinski definition) is 4. The summed E-state index contributed by atoms with van der Waals surface area (Å²) in [4.78, 5) is 18.4. The molecule has 2 N–H and O–H groups in total. The normalized spacial score (nSPS) is 16.0. The fourth-order valence-electron chi connectivity index (χ4n) is 2.94. The Bertz CT molecular complexity index is 677. The first kappa shape index (κ1) is 15.8. The Balaban J connectivity index is 0.00000161. The first-order valence-electron chi connectivity index (χ1n) is 7.10. The lowest BCUT2D eigenvalue weighted by Gasteiger charge is -2.33. The summed E-state index contributed by atoms with van der Waals surface area (Å²) in [7, 11) is 1.77. The van der Waals surface area contributed by atoms with Crippen molar-refractivity contribution >= 4 is 29.1 Å². The first-order chi connectivity index (χ1) is 9.70. The number of hydrogen-bond donors (Lipinski definition) is 1. The standard InChI is InChI=1S/C15H20N4O.ClH/c1-18-14(20)3-2-12-13(4-7-17-15(12)18)19-8-5-11(10-16)6-9-19;/h2-4,7,11H,5-6,8-10,16H2,1H3;1H. The van der Waals surface area contributed by atoms with Crippen molar-refractivity contribution in [3.8, 4) is 0 Å². The van der Waals surface area contributed by atoms with Gasteiger partial charge in [0.05, 0.1) is 0 Å². The number of nitrogens with two attached hydrogens (primary N) is 1. The number of aryl methyl sites for hydroxylation is 1. The highest BCUT2D eigenvalue weighted by Crippen LogP contribution is 2.28. The number of aromatic nitrogens is 2. The average molecular weight is 309 g/mol. The Morgan fingerprint density at radius 2 is 2.00 bits per heavy atom. The van der Waals surface area contributed by atoms with Gasteiger partial charge in [-0.3, -0.25) is 9.36 Å². The molecule has 0 saturated carbocycles. The van der Waals surface area contributed by atoms with Crippen molar-refractivity contribution in [2.75, 3.05) is 24.5 Å². The number of halogens is 1. The number of fused-ring (bicyclic) bond motifs is 1. The minimum absolute atomic E-state index is 0. The maximum atomic E-state index is 11.7. The van der Waals surface area contributed by atoms with Crippen molar-refractivity contribution < 1.29 is 0 Å². The molecule has 1 fully saturated rings. The highest BCUT2D eigenvalue weighted by molar-refractivity contribution is 5.89. The van der Waals surface area contributed by atoms with Crippen molar-refractivity contribution in [1.82, 2.24) is 9.55 Å². The highest BCUT2D eigenvalue weighted by Gasteiger charge is 2.20. The second-order valence-electron chi connectivity index (χ2n) is 5.46. The summed E-state index contributed by atoms with van der Waals surface area (Å²) in [6.45, 7) is 2.81. The molecule has 0 bridgehead atoms. The molecule has 1 aliphatic rings. The van der Waals surface area contributed by atoms with Crippen LogP contribution in [0.4, 0.5) is 5.69 Å². The molecule has 0 spiro atoms. The second-order valence-corrected chi connectivity index (χ2v) is 5.46. The fourth-order valence-corrected chi connectivity index (χ4v) is 2.94. The molecular formula is C15H21ClN4O. The maximum Gasteiger partial charge on any atom is 0.251 e. The topological polar surface area (TPSA) is 64.2 Å². The number of pyridine rings is 2. The Hall–Kier alpha value is -1.59. The molecule has 0 radical (unpaired) electrons. The molecule has 3 rings (SSSR count). The molecule has 2 aromatic heterocycles. The van der Waals surface area contributed by atoms with Crippen LogP contribution in [-0.4, -0.2) is 29.2 Å². The largest absolute Gasteiger partial charge is 0.371 e. The van der Waals surface area contributed by atoms with E-state index >= 15 is 0 Å². The van der Waals surface area contributed by atoms with Crippen LogP contribution in [0.15, 0.2) is 29.2 Å². The summed E-state index contributed by atoms with van der Waals surface area (Å²) in [5.74, 6) is 0.642. The molecule has 21 heavy (non-hydrogen) atoms. The molecule has 0 unspecified atom stereocenters. The molecule has 3 heterocycles. The minimum atomic E-state index is -0.0241. The third-order valence-corrected chi connectivity index (χ3v) is 4.28. The maximum absolute atomic E-state index is 11.7. The summed E-state index contributed by atoms with van der Waals surface area (Å²) in [6.07, 6.45) is 4.05. The highest BCUT2D eigenvalue weighted by atomic mass is 35.5. The van der Waals surface area contributed by atoms with Crippen LogP contribution < -0.4 is 16.2 Å².